The van der Waals surface area contributed by atoms with Crippen molar-refractivity contribution in [3.63, 3.8) is 0 Å². The van der Waals surface area contributed by atoms with E-state index >= 15 is 0 Å². The van der Waals surface area contributed by atoms with Crippen LogP contribution < -0.4 is 4.74 Å². The molecule has 0 radical (unpaired) electrons. The Kier molecular flexibility index (Phi) is 7.67. The van der Waals surface area contributed by atoms with Gasteiger partial charge in [0.15, 0.2) is 6.61 Å². The maximum atomic E-state index is 14.1. The van der Waals surface area contributed by atoms with Crippen molar-refractivity contribution >= 4 is 16.0 Å². The number of ether oxygens (including phenoxy) is 1. The summed E-state index contributed by atoms with van der Waals surface area (Å²) in [7, 11) is -3.94. The number of nitrogens with zero attached hydrogens (tertiary/aromatic N) is 1. The molecule has 3 aromatic rings. The second-order valence-corrected chi connectivity index (χ2v) is 13.0. The number of benzene rings is 3. The van der Waals surface area contributed by atoms with Crippen LogP contribution in [-0.2, 0) is 33.0 Å². The first-order valence-corrected chi connectivity index (χ1v) is 15.0. The molecule has 1 heterocycles. The minimum Gasteiger partial charge on any atom is -0.482 e. The second-order valence-electron chi connectivity index (χ2n) is 11.1. The van der Waals surface area contributed by atoms with Gasteiger partial charge in [-0.25, -0.2) is 13.2 Å². The van der Waals surface area contributed by atoms with Crippen LogP contribution in [0.4, 0.5) is 13.2 Å². The minimum absolute atomic E-state index is 0.143. The highest BCUT2D eigenvalue weighted by Crippen LogP contribution is 2.47. The molecule has 1 aliphatic heterocycles. The third kappa shape index (κ3) is 5.72. The molecule has 3 aromatic carbocycles. The van der Waals surface area contributed by atoms with Gasteiger partial charge in [0.2, 0.25) is 10.0 Å². The first-order chi connectivity index (χ1) is 19.3. The standard InChI is InChI=1S/C31H32F3NO5S/c1-20-15-28(21(2)14-27(20)40-18-29(36)37)41(38,39)35-17-24-16-23(22-6-9-25(10-7-22)31(32,33)34)8-11-26(24)30(19-35)12-4-3-5-13-30/h6-11,14-16H,3-5,12-13,17-19H2,1-2H3,(H,36,37). The van der Waals surface area contributed by atoms with Gasteiger partial charge in [-0.2, -0.15) is 17.5 Å². The van der Waals surface area contributed by atoms with Crippen LogP contribution in [0, 0.1) is 13.8 Å². The Morgan fingerprint density at radius 1 is 0.951 bits per heavy atom. The van der Waals surface area contributed by atoms with Gasteiger partial charge in [-0.05, 0) is 90.4 Å². The van der Waals surface area contributed by atoms with Crippen molar-refractivity contribution in [3.05, 3.63) is 82.4 Å². The lowest BCUT2D eigenvalue weighted by molar-refractivity contribution is -0.139. The molecule has 1 N–H and O–H groups in total. The Morgan fingerprint density at radius 3 is 2.24 bits per heavy atom. The van der Waals surface area contributed by atoms with Crippen LogP contribution in [0.1, 0.15) is 59.9 Å². The molecule has 0 aromatic heterocycles. The molecule has 0 bridgehead atoms. The monoisotopic (exact) mass is 587 g/mol. The van der Waals surface area contributed by atoms with E-state index < -0.39 is 34.3 Å². The quantitative estimate of drug-likeness (QED) is 0.341. The molecule has 2 aliphatic rings. The van der Waals surface area contributed by atoms with Gasteiger partial charge in [-0.1, -0.05) is 43.5 Å². The number of hydrogen-bond donors (Lipinski definition) is 1. The molecular formula is C31H32F3NO5S. The first kappa shape index (κ1) is 29.1. The minimum atomic E-state index is -4.42. The molecule has 10 heteroatoms. The predicted octanol–water partition coefficient (Wildman–Crippen LogP) is 6.86. The summed E-state index contributed by atoms with van der Waals surface area (Å²) in [6.45, 7) is 3.30. The molecule has 218 valence electrons. The second kappa shape index (κ2) is 10.8. The molecular weight excluding hydrogens is 555 g/mol. The van der Waals surface area contributed by atoms with Gasteiger partial charge in [0.05, 0.1) is 10.5 Å². The number of hydrogen-bond acceptors (Lipinski definition) is 4. The number of alkyl halides is 3. The van der Waals surface area contributed by atoms with Gasteiger partial charge in [-0.3, -0.25) is 0 Å². The van der Waals surface area contributed by atoms with Gasteiger partial charge < -0.3 is 9.84 Å². The Bertz CT molecular complexity index is 1580. The van der Waals surface area contributed by atoms with E-state index in [-0.39, 0.29) is 16.9 Å². The number of fused-ring (bicyclic) bond motifs is 2. The van der Waals surface area contributed by atoms with Gasteiger partial charge >= 0.3 is 12.1 Å². The number of aryl methyl sites for hydroxylation is 2. The summed E-state index contributed by atoms with van der Waals surface area (Å²) in [5.41, 5.74) is 3.24. The van der Waals surface area contributed by atoms with Crippen molar-refractivity contribution in [2.24, 2.45) is 0 Å². The van der Waals surface area contributed by atoms with Crippen molar-refractivity contribution in [3.8, 4) is 16.9 Å². The summed E-state index contributed by atoms with van der Waals surface area (Å²) in [4.78, 5) is 11.1. The zero-order valence-electron chi connectivity index (χ0n) is 22.9. The zero-order valence-corrected chi connectivity index (χ0v) is 23.7. The Hall–Kier alpha value is -3.37. The maximum absolute atomic E-state index is 14.1. The van der Waals surface area contributed by atoms with E-state index in [1.54, 1.807) is 19.9 Å². The van der Waals surface area contributed by atoms with Crippen molar-refractivity contribution in [2.45, 2.75) is 69.0 Å². The number of carbonyl (C=O) groups is 1. The fourth-order valence-electron chi connectivity index (χ4n) is 6.24. The zero-order chi connectivity index (χ0) is 29.6. The van der Waals surface area contributed by atoms with E-state index in [0.717, 1.165) is 60.9 Å². The third-order valence-electron chi connectivity index (χ3n) is 8.30. The van der Waals surface area contributed by atoms with E-state index in [0.29, 0.717) is 29.0 Å². The number of sulfonamides is 1. The number of rotatable bonds is 6. The van der Waals surface area contributed by atoms with E-state index in [1.807, 2.05) is 18.2 Å². The highest BCUT2D eigenvalue weighted by Gasteiger charge is 2.44. The van der Waals surface area contributed by atoms with Crippen LogP contribution in [0.5, 0.6) is 5.75 Å². The van der Waals surface area contributed by atoms with Crippen LogP contribution in [0.2, 0.25) is 0 Å². The van der Waals surface area contributed by atoms with Crippen LogP contribution >= 0.6 is 0 Å². The molecule has 6 nitrogen and oxygen atoms in total. The average molecular weight is 588 g/mol. The highest BCUT2D eigenvalue weighted by molar-refractivity contribution is 7.89. The van der Waals surface area contributed by atoms with Crippen molar-refractivity contribution in [1.82, 2.24) is 4.31 Å². The lowest BCUT2D eigenvalue weighted by Crippen LogP contribution is -2.49. The summed E-state index contributed by atoms with van der Waals surface area (Å²) < 4.78 is 74.4. The normalized spacial score (nSPS) is 17.3. The van der Waals surface area contributed by atoms with Gasteiger partial charge in [0.1, 0.15) is 5.75 Å². The van der Waals surface area contributed by atoms with Gasteiger partial charge in [0.25, 0.3) is 0 Å². The predicted molar refractivity (Wildman–Crippen MR) is 148 cm³/mol. The highest BCUT2D eigenvalue weighted by atomic mass is 32.2. The number of halogens is 3. The van der Waals surface area contributed by atoms with E-state index in [1.165, 1.54) is 22.5 Å². The molecule has 0 unspecified atom stereocenters. The van der Waals surface area contributed by atoms with Crippen molar-refractivity contribution in [1.29, 1.82) is 0 Å². The summed E-state index contributed by atoms with van der Waals surface area (Å²) in [6.07, 6.45) is 0.345. The molecule has 0 atom stereocenters. The summed E-state index contributed by atoms with van der Waals surface area (Å²) in [6, 6.07) is 14.0. The molecule has 0 amide bonds. The summed E-state index contributed by atoms with van der Waals surface area (Å²) >= 11 is 0. The smallest absolute Gasteiger partial charge is 0.416 e. The SMILES string of the molecule is Cc1cc(S(=O)(=O)N2Cc3cc(-c4ccc(C(F)(F)F)cc4)ccc3C3(CCCCC3)C2)c(C)cc1OCC(=O)O. The Balaban J connectivity index is 1.53. The van der Waals surface area contributed by atoms with Crippen molar-refractivity contribution < 1.29 is 36.2 Å². The van der Waals surface area contributed by atoms with Gasteiger partial charge in [-0.15, -0.1) is 0 Å². The fourth-order valence-corrected chi connectivity index (χ4v) is 8.04. The van der Waals surface area contributed by atoms with Crippen LogP contribution in [-0.4, -0.2) is 37.0 Å². The van der Waals surface area contributed by atoms with E-state index in [4.69, 9.17) is 9.84 Å². The lowest BCUT2D eigenvalue weighted by Gasteiger charge is -2.46. The largest absolute Gasteiger partial charge is 0.482 e. The van der Waals surface area contributed by atoms with Crippen molar-refractivity contribution in [2.75, 3.05) is 13.2 Å². The summed E-state index contributed by atoms with van der Waals surface area (Å²) in [5.74, 6) is -0.808. The Labute approximate surface area is 237 Å². The molecule has 1 spiro atoms. The molecule has 1 saturated carbocycles. The molecule has 41 heavy (non-hydrogen) atoms. The fraction of sp³-hybridized carbons (Fsp3) is 0.387. The molecule has 1 aliphatic carbocycles. The number of carboxylic acids is 1. The number of carboxylic acid groups (broad SMARTS) is 1. The number of aliphatic carboxylic acids is 1. The van der Waals surface area contributed by atoms with Crippen LogP contribution in [0.3, 0.4) is 0 Å². The van der Waals surface area contributed by atoms with E-state index in [2.05, 4.69) is 0 Å². The third-order valence-corrected chi connectivity index (χ3v) is 10.2. The molecule has 0 saturated heterocycles. The first-order valence-electron chi connectivity index (χ1n) is 13.6. The van der Waals surface area contributed by atoms with E-state index in [9.17, 15) is 26.4 Å². The molecule has 1 fully saturated rings. The van der Waals surface area contributed by atoms with Gasteiger partial charge in [0, 0.05) is 18.5 Å². The van der Waals surface area contributed by atoms with Crippen LogP contribution in [0.25, 0.3) is 11.1 Å². The lowest BCUT2D eigenvalue weighted by atomic mass is 9.66. The van der Waals surface area contributed by atoms with Crippen LogP contribution in [0.15, 0.2) is 59.5 Å². The maximum Gasteiger partial charge on any atom is 0.416 e. The summed E-state index contributed by atoms with van der Waals surface area (Å²) in [5, 5.41) is 8.95. The Morgan fingerprint density at radius 2 is 1.61 bits per heavy atom. The average Bonchev–Trinajstić information content (AvgIpc) is 2.93. The topological polar surface area (TPSA) is 83.9 Å². The molecule has 5 rings (SSSR count).